The molecule has 1 atom stereocenters. The van der Waals surface area contributed by atoms with Gasteiger partial charge in [-0.2, -0.15) is 0 Å². The molecule has 1 aliphatic rings. The number of thiocarbonyl (C=S) groups is 1. The van der Waals surface area contributed by atoms with Crippen molar-refractivity contribution in [2.75, 3.05) is 19.4 Å². The first-order valence-electron chi connectivity index (χ1n) is 9.43. The summed E-state index contributed by atoms with van der Waals surface area (Å²) >= 11 is 5.72. The third-order valence-corrected chi connectivity index (χ3v) is 7.26. The Labute approximate surface area is 173 Å². The van der Waals surface area contributed by atoms with Gasteiger partial charge in [-0.3, -0.25) is 0 Å². The highest BCUT2D eigenvalue weighted by atomic mass is 32.2. The van der Waals surface area contributed by atoms with Crippen molar-refractivity contribution < 1.29 is 8.42 Å². The monoisotopic (exact) mass is 417 g/mol. The van der Waals surface area contributed by atoms with Crippen LogP contribution in [0.5, 0.6) is 0 Å². The Balaban J connectivity index is 1.80. The first-order valence-corrected chi connectivity index (χ1v) is 11.3. The average Bonchev–Trinajstić information content (AvgIpc) is 3.51. The predicted octanol–water partition coefficient (Wildman–Crippen LogP) is 3.93. The smallest absolute Gasteiger partial charge is 0.242 e. The minimum atomic E-state index is -3.49. The summed E-state index contributed by atoms with van der Waals surface area (Å²) in [6.07, 6.45) is 2.46. The fraction of sp³-hybridized carbons (Fsp3) is 0.381. The maximum atomic E-state index is 12.4. The highest BCUT2D eigenvalue weighted by Gasteiger charge is 2.33. The van der Waals surface area contributed by atoms with Crippen molar-refractivity contribution in [1.82, 2.24) is 9.21 Å². The van der Waals surface area contributed by atoms with Crippen LogP contribution in [0.2, 0.25) is 0 Å². The van der Waals surface area contributed by atoms with Gasteiger partial charge in [-0.25, -0.2) is 12.7 Å². The molecule has 0 amide bonds. The lowest BCUT2D eigenvalue weighted by molar-refractivity contribution is 0.298. The molecule has 0 bridgehead atoms. The van der Waals surface area contributed by atoms with Crippen molar-refractivity contribution >= 4 is 33.0 Å². The van der Waals surface area contributed by atoms with Crippen molar-refractivity contribution in [2.45, 2.75) is 37.2 Å². The minimum absolute atomic E-state index is 0.246. The van der Waals surface area contributed by atoms with Gasteiger partial charge >= 0.3 is 0 Å². The quantitative estimate of drug-likeness (QED) is 0.692. The van der Waals surface area contributed by atoms with Crippen LogP contribution in [0.15, 0.2) is 59.5 Å². The maximum absolute atomic E-state index is 12.4. The number of nitrogens with zero attached hydrogens (tertiary/aromatic N) is 2. The number of nitrogens with one attached hydrogen (secondary N) is 1. The second-order valence-corrected chi connectivity index (χ2v) is 9.98. The van der Waals surface area contributed by atoms with E-state index in [1.165, 1.54) is 36.8 Å². The molecule has 28 heavy (non-hydrogen) atoms. The predicted molar refractivity (Wildman–Crippen MR) is 118 cm³/mol. The Morgan fingerprint density at radius 1 is 1.14 bits per heavy atom. The molecule has 0 unspecified atom stereocenters. The molecule has 150 valence electrons. The molecule has 1 aliphatic carbocycles. The van der Waals surface area contributed by atoms with E-state index < -0.39 is 10.0 Å². The molecule has 0 heterocycles. The van der Waals surface area contributed by atoms with Gasteiger partial charge in [0.1, 0.15) is 0 Å². The van der Waals surface area contributed by atoms with Gasteiger partial charge < -0.3 is 10.2 Å². The van der Waals surface area contributed by atoms with Crippen LogP contribution in [0.25, 0.3) is 0 Å². The molecule has 7 heteroatoms. The van der Waals surface area contributed by atoms with Crippen LogP contribution in [0.4, 0.5) is 5.69 Å². The summed E-state index contributed by atoms with van der Waals surface area (Å²) in [6, 6.07) is 17.4. The van der Waals surface area contributed by atoms with E-state index in [1.54, 1.807) is 18.2 Å². The molecule has 2 aromatic carbocycles. The minimum Gasteiger partial charge on any atom is -0.342 e. The van der Waals surface area contributed by atoms with Crippen LogP contribution in [0.3, 0.4) is 0 Å². The van der Waals surface area contributed by atoms with Crippen molar-refractivity contribution in [3.05, 3.63) is 60.2 Å². The fourth-order valence-electron chi connectivity index (χ4n) is 3.15. The van der Waals surface area contributed by atoms with Crippen LogP contribution >= 0.6 is 12.2 Å². The van der Waals surface area contributed by atoms with E-state index >= 15 is 0 Å². The summed E-state index contributed by atoms with van der Waals surface area (Å²) in [5.41, 5.74) is 1.87. The average molecular weight is 418 g/mol. The van der Waals surface area contributed by atoms with Crippen molar-refractivity contribution in [3.8, 4) is 0 Å². The number of benzene rings is 2. The number of anilines is 1. The molecular formula is C21H27N3O2S2. The zero-order valence-corrected chi connectivity index (χ0v) is 18.1. The molecule has 5 nitrogen and oxygen atoms in total. The Morgan fingerprint density at radius 2 is 1.82 bits per heavy atom. The highest BCUT2D eigenvalue weighted by molar-refractivity contribution is 7.89. The van der Waals surface area contributed by atoms with E-state index in [0.29, 0.717) is 22.8 Å². The lowest BCUT2D eigenvalue weighted by Gasteiger charge is -2.32. The largest absolute Gasteiger partial charge is 0.342 e. The van der Waals surface area contributed by atoms with Crippen molar-refractivity contribution in [3.63, 3.8) is 0 Å². The Kier molecular flexibility index (Phi) is 6.37. The normalized spacial score (nSPS) is 15.3. The van der Waals surface area contributed by atoms with E-state index in [-0.39, 0.29) is 4.90 Å². The summed E-state index contributed by atoms with van der Waals surface area (Å²) in [7, 11) is -0.434. The van der Waals surface area contributed by atoms with Gasteiger partial charge in [0.25, 0.3) is 0 Å². The topological polar surface area (TPSA) is 52.7 Å². The lowest BCUT2D eigenvalue weighted by atomic mass is 10.1. The Morgan fingerprint density at radius 3 is 2.43 bits per heavy atom. The molecule has 1 fully saturated rings. The number of hydrogen-bond acceptors (Lipinski definition) is 3. The molecule has 0 aromatic heterocycles. The fourth-order valence-corrected chi connectivity index (χ4v) is 4.45. The van der Waals surface area contributed by atoms with Gasteiger partial charge in [-0.15, -0.1) is 0 Å². The first kappa shape index (κ1) is 20.8. The second kappa shape index (κ2) is 8.59. The molecular weight excluding hydrogens is 390 g/mol. The third-order valence-electron chi connectivity index (χ3n) is 5.12. The molecule has 0 saturated heterocycles. The van der Waals surface area contributed by atoms with Gasteiger partial charge in [0, 0.05) is 32.4 Å². The van der Waals surface area contributed by atoms with Crippen LogP contribution < -0.4 is 5.32 Å². The molecule has 0 aliphatic heterocycles. The van der Waals surface area contributed by atoms with Crippen molar-refractivity contribution in [2.24, 2.45) is 5.92 Å². The van der Waals surface area contributed by atoms with Crippen LogP contribution in [-0.4, -0.2) is 42.9 Å². The second-order valence-electron chi connectivity index (χ2n) is 7.44. The molecule has 1 saturated carbocycles. The molecule has 3 rings (SSSR count). The number of rotatable bonds is 7. The Hall–Kier alpha value is -1.96. The molecule has 1 N–H and O–H groups in total. The third kappa shape index (κ3) is 4.90. The van der Waals surface area contributed by atoms with Gasteiger partial charge in [-0.05, 0) is 61.7 Å². The molecule has 0 radical (unpaired) electrons. The standard InChI is InChI=1S/C21H27N3O2S2/c1-16(18-12-13-18)24(15-17-8-5-4-6-9-17)21(27)22-19-10-7-11-20(14-19)28(25,26)23(2)3/h4-11,14,16,18H,12-13,15H2,1-3H3,(H,22,27)/t16-/m1/s1. The summed E-state index contributed by atoms with van der Waals surface area (Å²) in [5, 5.41) is 3.87. The van der Waals surface area contributed by atoms with Gasteiger partial charge in [0.05, 0.1) is 4.90 Å². The summed E-state index contributed by atoms with van der Waals surface area (Å²) in [5.74, 6) is 0.656. The SMILES string of the molecule is C[C@H](C1CC1)N(Cc1ccccc1)C(=S)Nc1cccc(S(=O)(=O)N(C)C)c1. The van der Waals surface area contributed by atoms with Crippen LogP contribution in [0, 0.1) is 5.92 Å². The molecule has 0 spiro atoms. The molecule has 2 aromatic rings. The zero-order valence-electron chi connectivity index (χ0n) is 16.5. The van der Waals surface area contributed by atoms with Crippen LogP contribution in [-0.2, 0) is 16.6 Å². The Bertz CT molecular complexity index is 926. The van der Waals surface area contributed by atoms with Gasteiger partial charge in [0.15, 0.2) is 5.11 Å². The van der Waals surface area contributed by atoms with E-state index in [0.717, 1.165) is 6.54 Å². The number of hydrogen-bond donors (Lipinski definition) is 1. The zero-order chi connectivity index (χ0) is 20.3. The van der Waals surface area contributed by atoms with Crippen LogP contribution in [0.1, 0.15) is 25.3 Å². The van der Waals surface area contributed by atoms with Crippen molar-refractivity contribution in [1.29, 1.82) is 0 Å². The highest BCUT2D eigenvalue weighted by Crippen LogP contribution is 2.36. The van der Waals surface area contributed by atoms with E-state index in [4.69, 9.17) is 12.2 Å². The summed E-state index contributed by atoms with van der Waals surface area (Å²) in [6.45, 7) is 2.93. The lowest BCUT2D eigenvalue weighted by Crippen LogP contribution is -2.41. The van der Waals surface area contributed by atoms with Gasteiger partial charge in [-0.1, -0.05) is 36.4 Å². The van der Waals surface area contributed by atoms with E-state index in [1.807, 2.05) is 24.3 Å². The van der Waals surface area contributed by atoms with E-state index in [9.17, 15) is 8.42 Å². The van der Waals surface area contributed by atoms with E-state index in [2.05, 4.69) is 29.3 Å². The maximum Gasteiger partial charge on any atom is 0.242 e. The van der Waals surface area contributed by atoms with Gasteiger partial charge in [0.2, 0.25) is 10.0 Å². The summed E-state index contributed by atoms with van der Waals surface area (Å²) in [4.78, 5) is 2.45. The first-order chi connectivity index (χ1) is 13.3. The number of sulfonamides is 1. The summed E-state index contributed by atoms with van der Waals surface area (Å²) < 4.78 is 26.0.